The van der Waals surface area contributed by atoms with Gasteiger partial charge in [-0.1, -0.05) is 0 Å². The van der Waals surface area contributed by atoms with Gasteiger partial charge in [-0.15, -0.1) is 0 Å². The van der Waals surface area contributed by atoms with Gasteiger partial charge in [0.05, 0.1) is 16.7 Å². The largest absolute Gasteiger partial charge is 0.463 e. The molecule has 7 nitrogen and oxygen atoms in total. The molecule has 0 aliphatic heterocycles. The highest BCUT2D eigenvalue weighted by molar-refractivity contribution is 5.92. The average molecular weight is 339 g/mol. The molecular weight excluding hydrogens is 331 g/mol. The van der Waals surface area contributed by atoms with Crippen molar-refractivity contribution in [2.75, 3.05) is 0 Å². The molecule has 0 saturated carbocycles. The maximum atomic E-state index is 12.7. The lowest BCUT2D eigenvalue weighted by Crippen LogP contribution is -2.30. The maximum absolute atomic E-state index is 12.7. The number of non-ortho nitro benzene ring substituents is 1. The van der Waals surface area contributed by atoms with Gasteiger partial charge in [0, 0.05) is 17.5 Å². The summed E-state index contributed by atoms with van der Waals surface area (Å²) in [6.45, 7) is -1.55. The number of fused-ring (bicyclic) bond motifs is 1. The van der Waals surface area contributed by atoms with E-state index < -0.39 is 23.3 Å². The Kier molecular flexibility index (Phi) is 3.59. The highest BCUT2D eigenvalue weighted by Gasteiger charge is 2.30. The minimum Gasteiger partial charge on any atom is -0.463 e. The minimum atomic E-state index is -4.65. The van der Waals surface area contributed by atoms with Gasteiger partial charge in [0.15, 0.2) is 5.76 Å². The Morgan fingerprint density at radius 1 is 1.29 bits per heavy atom. The van der Waals surface area contributed by atoms with Crippen molar-refractivity contribution >= 4 is 16.6 Å². The number of nitro groups is 1. The molecule has 124 valence electrons. The number of alkyl halides is 3. The normalized spacial score (nSPS) is 11.8. The number of rotatable bonds is 3. The molecule has 0 N–H and O–H groups in total. The second kappa shape index (κ2) is 5.48. The van der Waals surface area contributed by atoms with Crippen molar-refractivity contribution in [2.45, 2.75) is 12.7 Å². The Balaban J connectivity index is 2.36. The predicted octanol–water partition coefficient (Wildman–Crippen LogP) is 3.13. The zero-order valence-electron chi connectivity index (χ0n) is 11.8. The van der Waals surface area contributed by atoms with Gasteiger partial charge >= 0.3 is 11.9 Å². The second-order valence-electron chi connectivity index (χ2n) is 4.88. The van der Waals surface area contributed by atoms with Gasteiger partial charge in [0.1, 0.15) is 12.2 Å². The predicted molar refractivity (Wildman–Crippen MR) is 76.4 cm³/mol. The first kappa shape index (κ1) is 15.7. The Morgan fingerprint density at radius 2 is 2.04 bits per heavy atom. The first-order valence-corrected chi connectivity index (χ1v) is 6.56. The number of halogens is 3. The van der Waals surface area contributed by atoms with Gasteiger partial charge in [-0.3, -0.25) is 14.7 Å². The average Bonchev–Trinajstić information content (AvgIpc) is 3.02. The number of benzene rings is 1. The summed E-state index contributed by atoms with van der Waals surface area (Å²) in [4.78, 5) is 25.9. The van der Waals surface area contributed by atoms with Crippen molar-refractivity contribution < 1.29 is 22.5 Å². The molecule has 0 unspecified atom stereocenters. The molecule has 0 atom stereocenters. The Hall–Kier alpha value is -3.17. The molecule has 0 saturated heterocycles. The van der Waals surface area contributed by atoms with E-state index in [1.54, 1.807) is 0 Å². The van der Waals surface area contributed by atoms with Crippen molar-refractivity contribution in [3.63, 3.8) is 0 Å². The van der Waals surface area contributed by atoms with Crippen LogP contribution in [-0.2, 0) is 6.54 Å². The Bertz CT molecular complexity index is 977. The van der Waals surface area contributed by atoms with Crippen LogP contribution in [0.15, 0.2) is 45.8 Å². The standard InChI is InChI=1S/C14H8F3N3O4/c15-14(16,17)7-19-10-4-3-8(20(22)23)6-9(10)12(18-13(19)21)11-2-1-5-24-11/h1-6H,7H2. The molecule has 0 radical (unpaired) electrons. The Morgan fingerprint density at radius 3 is 2.62 bits per heavy atom. The molecule has 3 aromatic rings. The summed E-state index contributed by atoms with van der Waals surface area (Å²) in [6, 6.07) is 6.14. The third-order valence-electron chi connectivity index (χ3n) is 3.27. The summed E-state index contributed by atoms with van der Waals surface area (Å²) in [5, 5.41) is 11.0. The van der Waals surface area contributed by atoms with Crippen LogP contribution >= 0.6 is 0 Å². The molecular formula is C14H8F3N3O4. The van der Waals surface area contributed by atoms with Crippen molar-refractivity contribution in [2.24, 2.45) is 0 Å². The quantitative estimate of drug-likeness (QED) is 0.540. The molecule has 0 spiro atoms. The van der Waals surface area contributed by atoms with E-state index in [-0.39, 0.29) is 28.0 Å². The molecule has 0 amide bonds. The number of aromatic nitrogens is 2. The zero-order valence-corrected chi connectivity index (χ0v) is 11.8. The van der Waals surface area contributed by atoms with Crippen molar-refractivity contribution in [3.05, 3.63) is 57.2 Å². The van der Waals surface area contributed by atoms with Crippen molar-refractivity contribution in [1.82, 2.24) is 9.55 Å². The van der Waals surface area contributed by atoms with Crippen molar-refractivity contribution in [1.29, 1.82) is 0 Å². The first-order valence-electron chi connectivity index (χ1n) is 6.56. The van der Waals surface area contributed by atoms with E-state index in [1.807, 2.05) is 0 Å². The van der Waals surface area contributed by atoms with E-state index in [1.165, 1.54) is 18.4 Å². The summed E-state index contributed by atoms with van der Waals surface area (Å²) in [6.07, 6.45) is -3.35. The summed E-state index contributed by atoms with van der Waals surface area (Å²) in [5.41, 5.74) is -1.64. The molecule has 2 heterocycles. The number of hydrogen-bond donors (Lipinski definition) is 0. The zero-order chi connectivity index (χ0) is 17.5. The molecule has 24 heavy (non-hydrogen) atoms. The van der Waals surface area contributed by atoms with Gasteiger partial charge < -0.3 is 4.42 Å². The van der Waals surface area contributed by atoms with Crippen LogP contribution in [0.1, 0.15) is 0 Å². The van der Waals surface area contributed by atoms with E-state index >= 15 is 0 Å². The molecule has 0 aliphatic carbocycles. The summed E-state index contributed by atoms with van der Waals surface area (Å²) in [5.74, 6) is 0.122. The molecule has 0 aliphatic rings. The Labute approximate surface area is 131 Å². The molecule has 10 heteroatoms. The van der Waals surface area contributed by atoms with Gasteiger partial charge in [-0.25, -0.2) is 4.79 Å². The summed E-state index contributed by atoms with van der Waals surface area (Å²) < 4.78 is 43.7. The fourth-order valence-electron chi connectivity index (χ4n) is 2.32. The van der Waals surface area contributed by atoms with E-state index in [0.717, 1.165) is 18.2 Å². The van der Waals surface area contributed by atoms with Crippen LogP contribution in [-0.4, -0.2) is 20.7 Å². The number of furan rings is 1. The van der Waals surface area contributed by atoms with Crippen LogP contribution in [0.5, 0.6) is 0 Å². The van der Waals surface area contributed by atoms with Crippen molar-refractivity contribution in [3.8, 4) is 11.5 Å². The molecule has 0 fully saturated rings. The second-order valence-corrected chi connectivity index (χ2v) is 4.88. The summed E-state index contributed by atoms with van der Waals surface area (Å²) >= 11 is 0. The lowest BCUT2D eigenvalue weighted by molar-refractivity contribution is -0.384. The number of hydrogen-bond acceptors (Lipinski definition) is 5. The molecule has 1 aromatic carbocycles. The minimum absolute atomic E-state index is 0.0167. The van der Waals surface area contributed by atoms with Gasteiger partial charge in [0.2, 0.25) is 0 Å². The third kappa shape index (κ3) is 2.85. The third-order valence-corrected chi connectivity index (χ3v) is 3.27. The van der Waals surface area contributed by atoms with Gasteiger partial charge in [0.25, 0.3) is 5.69 Å². The highest BCUT2D eigenvalue weighted by atomic mass is 19.4. The van der Waals surface area contributed by atoms with Gasteiger partial charge in [-0.05, 0) is 18.2 Å². The van der Waals surface area contributed by atoms with Gasteiger partial charge in [-0.2, -0.15) is 18.2 Å². The lowest BCUT2D eigenvalue weighted by atomic mass is 10.1. The summed E-state index contributed by atoms with van der Waals surface area (Å²) in [7, 11) is 0. The van der Waals surface area contributed by atoms with Crippen LogP contribution in [0, 0.1) is 10.1 Å². The molecule has 3 rings (SSSR count). The number of nitrogens with zero attached hydrogens (tertiary/aromatic N) is 3. The van der Waals surface area contributed by atoms with Crippen LogP contribution in [0.25, 0.3) is 22.4 Å². The molecule has 0 bridgehead atoms. The van der Waals surface area contributed by atoms with E-state index in [2.05, 4.69) is 4.98 Å². The topological polar surface area (TPSA) is 91.2 Å². The van der Waals surface area contributed by atoms with Crippen LogP contribution in [0.4, 0.5) is 18.9 Å². The smallest absolute Gasteiger partial charge is 0.406 e. The van der Waals surface area contributed by atoms with Crippen LogP contribution in [0.3, 0.4) is 0 Å². The fraction of sp³-hybridized carbons (Fsp3) is 0.143. The highest BCUT2D eigenvalue weighted by Crippen LogP contribution is 2.30. The molecule has 2 aromatic heterocycles. The SMILES string of the molecule is O=c1nc(-c2ccco2)c2cc([N+](=O)[O-])ccc2n1CC(F)(F)F. The fourth-order valence-corrected chi connectivity index (χ4v) is 2.32. The van der Waals surface area contributed by atoms with E-state index in [4.69, 9.17) is 4.42 Å². The first-order chi connectivity index (χ1) is 11.3. The number of nitro benzene ring substituents is 1. The van der Waals surface area contributed by atoms with Crippen LogP contribution < -0.4 is 5.69 Å². The maximum Gasteiger partial charge on any atom is 0.406 e. The lowest BCUT2D eigenvalue weighted by Gasteiger charge is -2.13. The van der Waals surface area contributed by atoms with E-state index in [9.17, 15) is 28.1 Å². The van der Waals surface area contributed by atoms with Crippen LogP contribution in [0.2, 0.25) is 0 Å². The van der Waals surface area contributed by atoms with E-state index in [0.29, 0.717) is 4.57 Å². The monoisotopic (exact) mass is 339 g/mol.